The molecule has 3 fully saturated rings. The maximum Gasteiger partial charge on any atom is 0.0641 e. The number of piperidine rings is 1. The summed E-state index contributed by atoms with van der Waals surface area (Å²) >= 11 is 0. The van der Waals surface area contributed by atoms with E-state index in [0.717, 1.165) is 18.4 Å². The molecule has 2 saturated heterocycles. The predicted octanol–water partition coefficient (Wildman–Crippen LogP) is 2.55. The maximum atomic E-state index is 8.92. The summed E-state index contributed by atoms with van der Waals surface area (Å²) in [5.74, 6) is 0.817. The highest BCUT2D eigenvalue weighted by molar-refractivity contribution is 5.14. The summed E-state index contributed by atoms with van der Waals surface area (Å²) in [5, 5.41) is 8.92. The molecule has 14 heavy (non-hydrogen) atoms. The van der Waals surface area contributed by atoms with Gasteiger partial charge in [-0.2, -0.15) is 5.26 Å². The Hall–Kier alpha value is -0.550. The predicted molar refractivity (Wildman–Crippen MR) is 56.7 cm³/mol. The van der Waals surface area contributed by atoms with Gasteiger partial charge in [0.25, 0.3) is 0 Å². The van der Waals surface area contributed by atoms with E-state index in [1.165, 1.54) is 19.3 Å². The zero-order valence-electron chi connectivity index (χ0n) is 9.45. The normalized spacial score (nSPS) is 41.9. The standard InChI is InChI=1S/C12H20N2/c1-9(2)14-11-6-10(3)7-12(14,8-11)4-5-13/h9-11H,4,6-8H2,1-3H3. The van der Waals surface area contributed by atoms with Crippen LogP contribution in [0.5, 0.6) is 0 Å². The molecule has 2 heteroatoms. The van der Waals surface area contributed by atoms with Crippen molar-refractivity contribution < 1.29 is 0 Å². The van der Waals surface area contributed by atoms with Crippen LogP contribution in [-0.4, -0.2) is 22.5 Å². The van der Waals surface area contributed by atoms with Crippen molar-refractivity contribution in [2.75, 3.05) is 0 Å². The van der Waals surface area contributed by atoms with Gasteiger partial charge in [0, 0.05) is 17.6 Å². The van der Waals surface area contributed by atoms with Gasteiger partial charge >= 0.3 is 0 Å². The third-order valence-electron chi connectivity index (χ3n) is 3.92. The largest absolute Gasteiger partial charge is 0.291 e. The first-order chi connectivity index (χ1) is 6.59. The number of nitrogens with zero attached hydrogens (tertiary/aromatic N) is 2. The number of rotatable bonds is 2. The molecule has 0 radical (unpaired) electrons. The third-order valence-corrected chi connectivity index (χ3v) is 3.92. The van der Waals surface area contributed by atoms with Crippen LogP contribution >= 0.6 is 0 Å². The van der Waals surface area contributed by atoms with Crippen LogP contribution in [0.3, 0.4) is 0 Å². The molecule has 0 aromatic carbocycles. The van der Waals surface area contributed by atoms with Crippen LogP contribution in [0.4, 0.5) is 0 Å². The zero-order chi connectivity index (χ0) is 10.3. The average Bonchev–Trinajstić information content (AvgIpc) is 2.00. The quantitative estimate of drug-likeness (QED) is 0.672. The minimum absolute atomic E-state index is 0.255. The van der Waals surface area contributed by atoms with Crippen LogP contribution in [0.25, 0.3) is 0 Å². The molecule has 3 rings (SSSR count). The van der Waals surface area contributed by atoms with Gasteiger partial charge in [0.2, 0.25) is 0 Å². The Kier molecular flexibility index (Phi) is 2.31. The molecule has 2 aliphatic heterocycles. The van der Waals surface area contributed by atoms with Gasteiger partial charge in [-0.3, -0.25) is 4.90 Å². The Balaban J connectivity index is 2.16. The molecule has 3 aliphatic rings. The minimum atomic E-state index is 0.255. The van der Waals surface area contributed by atoms with E-state index in [9.17, 15) is 0 Å². The van der Waals surface area contributed by atoms with Gasteiger partial charge in [0.15, 0.2) is 0 Å². The first-order valence-electron chi connectivity index (χ1n) is 5.74. The summed E-state index contributed by atoms with van der Waals surface area (Å²) < 4.78 is 0. The fraction of sp³-hybridized carbons (Fsp3) is 0.917. The highest BCUT2D eigenvalue weighted by Gasteiger charge is 2.56. The fourth-order valence-electron chi connectivity index (χ4n) is 3.85. The molecule has 2 bridgehead atoms. The van der Waals surface area contributed by atoms with Crippen molar-refractivity contribution in [1.29, 1.82) is 5.26 Å². The smallest absolute Gasteiger partial charge is 0.0641 e. The van der Waals surface area contributed by atoms with Crippen molar-refractivity contribution in [3.8, 4) is 6.07 Å². The van der Waals surface area contributed by atoms with Crippen molar-refractivity contribution in [2.45, 2.75) is 64.1 Å². The van der Waals surface area contributed by atoms with Crippen molar-refractivity contribution in [2.24, 2.45) is 5.92 Å². The minimum Gasteiger partial charge on any atom is -0.291 e. The molecule has 3 unspecified atom stereocenters. The molecule has 1 saturated carbocycles. The second kappa shape index (κ2) is 3.24. The van der Waals surface area contributed by atoms with Gasteiger partial charge < -0.3 is 0 Å². The molecule has 0 aromatic rings. The Morgan fingerprint density at radius 2 is 2.21 bits per heavy atom. The lowest BCUT2D eigenvalue weighted by Crippen LogP contribution is -2.71. The van der Waals surface area contributed by atoms with E-state index in [2.05, 4.69) is 31.7 Å². The summed E-state index contributed by atoms with van der Waals surface area (Å²) in [5.41, 5.74) is 0.255. The Labute approximate surface area is 86.9 Å². The van der Waals surface area contributed by atoms with Crippen LogP contribution in [0.2, 0.25) is 0 Å². The highest BCUT2D eigenvalue weighted by atomic mass is 15.3. The monoisotopic (exact) mass is 192 g/mol. The van der Waals surface area contributed by atoms with Gasteiger partial charge in [-0.05, 0) is 39.0 Å². The third kappa shape index (κ3) is 1.26. The fourth-order valence-corrected chi connectivity index (χ4v) is 3.85. The van der Waals surface area contributed by atoms with Gasteiger partial charge in [-0.15, -0.1) is 0 Å². The maximum absolute atomic E-state index is 8.92. The molecule has 78 valence electrons. The summed E-state index contributed by atoms with van der Waals surface area (Å²) in [7, 11) is 0. The van der Waals surface area contributed by atoms with Gasteiger partial charge in [-0.25, -0.2) is 0 Å². The summed E-state index contributed by atoms with van der Waals surface area (Å²) in [6.45, 7) is 6.85. The Bertz CT molecular complexity index is 266. The number of hydrogen-bond donors (Lipinski definition) is 0. The van der Waals surface area contributed by atoms with Crippen LogP contribution in [0.1, 0.15) is 46.5 Å². The molecule has 1 aliphatic carbocycles. The number of hydrogen-bond acceptors (Lipinski definition) is 2. The van der Waals surface area contributed by atoms with Crippen LogP contribution in [0.15, 0.2) is 0 Å². The molecular weight excluding hydrogens is 172 g/mol. The molecule has 0 spiro atoms. The van der Waals surface area contributed by atoms with Crippen molar-refractivity contribution in [1.82, 2.24) is 4.90 Å². The van der Waals surface area contributed by atoms with E-state index in [1.807, 2.05) is 0 Å². The molecule has 0 amide bonds. The van der Waals surface area contributed by atoms with E-state index in [-0.39, 0.29) is 5.54 Å². The molecule has 3 atom stereocenters. The van der Waals surface area contributed by atoms with E-state index in [4.69, 9.17) is 5.26 Å². The van der Waals surface area contributed by atoms with Crippen molar-refractivity contribution in [3.05, 3.63) is 0 Å². The molecule has 2 heterocycles. The SMILES string of the molecule is CC1CC2CC(CC#N)(C1)N2C(C)C. The van der Waals surface area contributed by atoms with Crippen LogP contribution in [0, 0.1) is 17.2 Å². The summed E-state index contributed by atoms with van der Waals surface area (Å²) in [6, 6.07) is 3.76. The average molecular weight is 192 g/mol. The highest BCUT2D eigenvalue weighted by Crippen LogP contribution is 2.52. The van der Waals surface area contributed by atoms with Crippen LogP contribution in [-0.2, 0) is 0 Å². The lowest BCUT2D eigenvalue weighted by molar-refractivity contribution is -0.145. The van der Waals surface area contributed by atoms with Crippen molar-refractivity contribution in [3.63, 3.8) is 0 Å². The lowest BCUT2D eigenvalue weighted by Gasteiger charge is -2.65. The van der Waals surface area contributed by atoms with E-state index in [1.54, 1.807) is 0 Å². The molecule has 0 aromatic heterocycles. The second-order valence-corrected chi connectivity index (χ2v) is 5.46. The Morgan fingerprint density at radius 1 is 1.50 bits per heavy atom. The van der Waals surface area contributed by atoms with Crippen molar-refractivity contribution >= 4 is 0 Å². The topological polar surface area (TPSA) is 27.0 Å². The van der Waals surface area contributed by atoms with Gasteiger partial charge in [0.1, 0.15) is 0 Å². The molecule has 0 N–H and O–H groups in total. The van der Waals surface area contributed by atoms with E-state index in [0.29, 0.717) is 6.04 Å². The molecular formula is C12H20N2. The first kappa shape index (κ1) is 9.98. The lowest BCUT2D eigenvalue weighted by atomic mass is 9.62. The van der Waals surface area contributed by atoms with Crippen LogP contribution < -0.4 is 0 Å². The zero-order valence-corrected chi connectivity index (χ0v) is 9.45. The van der Waals surface area contributed by atoms with Gasteiger partial charge in [-0.1, -0.05) is 6.92 Å². The molecule has 2 nitrogen and oxygen atoms in total. The van der Waals surface area contributed by atoms with Gasteiger partial charge in [0.05, 0.1) is 12.5 Å². The second-order valence-electron chi connectivity index (χ2n) is 5.46. The number of fused-ring (bicyclic) bond motifs is 2. The van der Waals surface area contributed by atoms with E-state index >= 15 is 0 Å². The number of nitriles is 1. The van der Waals surface area contributed by atoms with E-state index < -0.39 is 0 Å². The summed E-state index contributed by atoms with van der Waals surface area (Å²) in [6.07, 6.45) is 4.57. The first-order valence-corrected chi connectivity index (χ1v) is 5.74. The Morgan fingerprint density at radius 3 is 2.79 bits per heavy atom. The summed E-state index contributed by atoms with van der Waals surface area (Å²) in [4.78, 5) is 2.59.